The molecule has 4 nitrogen and oxygen atoms in total. The maximum Gasteiger partial charge on any atom is 0.261 e. The quantitative estimate of drug-likeness (QED) is 0.604. The van der Waals surface area contributed by atoms with Crippen molar-refractivity contribution in [2.75, 3.05) is 13.2 Å². The first-order valence-corrected chi connectivity index (χ1v) is 7.86. The average Bonchev–Trinajstić information content (AvgIpc) is 2.79. The predicted octanol–water partition coefficient (Wildman–Crippen LogP) is 4.06. The van der Waals surface area contributed by atoms with Gasteiger partial charge in [0.25, 0.3) is 11.8 Å². The number of carbonyl (C=O) groups excluding carboxylic acids is 2. The summed E-state index contributed by atoms with van der Waals surface area (Å²) in [5, 5.41) is 1.000. The Kier molecular flexibility index (Phi) is 4.55. The fraction of sp³-hybridized carbons (Fsp3) is 0.176. The molecule has 118 valence electrons. The minimum Gasteiger partial charge on any atom is -0.492 e. The molecule has 0 radical (unpaired) electrons. The van der Waals surface area contributed by atoms with E-state index in [1.165, 1.54) is 4.90 Å². The van der Waals surface area contributed by atoms with Gasteiger partial charge >= 0.3 is 0 Å². The van der Waals surface area contributed by atoms with Crippen molar-refractivity contribution in [1.29, 1.82) is 0 Å². The second-order valence-corrected chi connectivity index (χ2v) is 5.93. The Morgan fingerprint density at radius 1 is 0.957 bits per heavy atom. The van der Waals surface area contributed by atoms with E-state index in [0.29, 0.717) is 46.5 Å². The lowest BCUT2D eigenvalue weighted by atomic mass is 10.1. The first kappa shape index (κ1) is 15.8. The number of fused-ring (bicyclic) bond motifs is 1. The number of ether oxygens (including phenoxy) is 1. The second-order valence-electron chi connectivity index (χ2n) is 5.08. The second kappa shape index (κ2) is 6.60. The van der Waals surface area contributed by atoms with Gasteiger partial charge in [0.15, 0.2) is 0 Å². The topological polar surface area (TPSA) is 46.6 Å². The Balaban J connectivity index is 1.57. The van der Waals surface area contributed by atoms with E-state index in [-0.39, 0.29) is 11.8 Å². The van der Waals surface area contributed by atoms with E-state index in [1.54, 1.807) is 42.5 Å². The zero-order valence-corrected chi connectivity index (χ0v) is 13.6. The van der Waals surface area contributed by atoms with E-state index in [2.05, 4.69) is 0 Å². The SMILES string of the molecule is O=C1c2ccccc2C(=O)N1CCCOc1cc(Cl)ccc1Cl. The molecular weight excluding hydrogens is 337 g/mol. The first-order valence-electron chi connectivity index (χ1n) is 7.11. The molecule has 0 spiro atoms. The molecule has 1 aliphatic rings. The molecule has 0 unspecified atom stereocenters. The van der Waals surface area contributed by atoms with Crippen LogP contribution in [0.15, 0.2) is 42.5 Å². The van der Waals surface area contributed by atoms with Gasteiger partial charge in [-0.1, -0.05) is 35.3 Å². The average molecular weight is 350 g/mol. The summed E-state index contributed by atoms with van der Waals surface area (Å²) in [7, 11) is 0. The molecule has 23 heavy (non-hydrogen) atoms. The molecule has 2 amide bonds. The minimum absolute atomic E-state index is 0.258. The number of rotatable bonds is 5. The Bertz CT molecular complexity index is 741. The van der Waals surface area contributed by atoms with Gasteiger partial charge in [-0.25, -0.2) is 0 Å². The Morgan fingerprint density at radius 3 is 2.26 bits per heavy atom. The lowest BCUT2D eigenvalue weighted by Gasteiger charge is -2.14. The zero-order chi connectivity index (χ0) is 16.4. The van der Waals surface area contributed by atoms with Crippen LogP contribution in [0, 0.1) is 0 Å². The van der Waals surface area contributed by atoms with Crippen LogP contribution in [0.5, 0.6) is 5.75 Å². The molecule has 1 heterocycles. The van der Waals surface area contributed by atoms with Crippen molar-refractivity contribution in [1.82, 2.24) is 4.90 Å². The van der Waals surface area contributed by atoms with Crippen LogP contribution >= 0.6 is 23.2 Å². The maximum atomic E-state index is 12.2. The number of halogens is 2. The Hall–Kier alpha value is -2.04. The molecule has 2 aromatic rings. The monoisotopic (exact) mass is 349 g/mol. The van der Waals surface area contributed by atoms with Crippen molar-refractivity contribution in [2.45, 2.75) is 6.42 Å². The molecule has 3 rings (SSSR count). The molecule has 0 aliphatic carbocycles. The lowest BCUT2D eigenvalue weighted by Crippen LogP contribution is -2.31. The highest BCUT2D eigenvalue weighted by Gasteiger charge is 2.34. The van der Waals surface area contributed by atoms with E-state index < -0.39 is 0 Å². The third-order valence-corrected chi connectivity index (χ3v) is 4.10. The van der Waals surface area contributed by atoms with Gasteiger partial charge in [-0.2, -0.15) is 0 Å². The van der Waals surface area contributed by atoms with Crippen LogP contribution in [0.4, 0.5) is 0 Å². The minimum atomic E-state index is -0.258. The van der Waals surface area contributed by atoms with Gasteiger partial charge in [-0.05, 0) is 30.7 Å². The molecule has 1 aliphatic heterocycles. The summed E-state index contributed by atoms with van der Waals surface area (Å²) in [5.41, 5.74) is 0.910. The van der Waals surface area contributed by atoms with E-state index in [9.17, 15) is 9.59 Å². The van der Waals surface area contributed by atoms with Gasteiger partial charge in [-0.3, -0.25) is 14.5 Å². The van der Waals surface area contributed by atoms with Crippen LogP contribution in [0.1, 0.15) is 27.1 Å². The first-order chi connectivity index (χ1) is 11.1. The van der Waals surface area contributed by atoms with Crippen molar-refractivity contribution < 1.29 is 14.3 Å². The number of amides is 2. The lowest BCUT2D eigenvalue weighted by molar-refractivity contribution is 0.0647. The Morgan fingerprint density at radius 2 is 1.61 bits per heavy atom. The van der Waals surface area contributed by atoms with Gasteiger partial charge in [0.2, 0.25) is 0 Å². The molecule has 0 saturated heterocycles. The van der Waals surface area contributed by atoms with Crippen molar-refractivity contribution in [2.24, 2.45) is 0 Å². The summed E-state index contributed by atoms with van der Waals surface area (Å²) < 4.78 is 5.56. The number of hydrogen-bond acceptors (Lipinski definition) is 3. The number of benzene rings is 2. The van der Waals surface area contributed by atoms with Crippen molar-refractivity contribution >= 4 is 35.0 Å². The summed E-state index contributed by atoms with van der Waals surface area (Å²) >= 11 is 11.9. The number of carbonyl (C=O) groups is 2. The molecule has 0 N–H and O–H groups in total. The van der Waals surface area contributed by atoms with Crippen LogP contribution in [0.3, 0.4) is 0 Å². The third kappa shape index (κ3) is 3.19. The molecular formula is C17H13Cl2NO3. The normalized spacial score (nSPS) is 13.4. The zero-order valence-electron chi connectivity index (χ0n) is 12.1. The van der Waals surface area contributed by atoms with Crippen molar-refractivity contribution in [3.05, 3.63) is 63.6 Å². The number of nitrogens with zero attached hydrogens (tertiary/aromatic N) is 1. The molecule has 0 bridgehead atoms. The standard InChI is InChI=1S/C17H13Cl2NO3/c18-11-6-7-14(19)15(10-11)23-9-3-8-20-16(21)12-4-1-2-5-13(12)17(20)22/h1-2,4-7,10H,3,8-9H2. The van der Waals surface area contributed by atoms with Crippen LogP contribution in [0.25, 0.3) is 0 Å². The van der Waals surface area contributed by atoms with Gasteiger partial charge in [0, 0.05) is 17.6 Å². The highest BCUT2D eigenvalue weighted by atomic mass is 35.5. The molecule has 6 heteroatoms. The third-order valence-electron chi connectivity index (χ3n) is 3.56. The molecule has 2 aromatic carbocycles. The smallest absolute Gasteiger partial charge is 0.261 e. The van der Waals surface area contributed by atoms with E-state index in [4.69, 9.17) is 27.9 Å². The fourth-order valence-corrected chi connectivity index (χ4v) is 2.77. The van der Waals surface area contributed by atoms with Crippen LogP contribution in [-0.4, -0.2) is 29.9 Å². The highest BCUT2D eigenvalue weighted by molar-refractivity contribution is 6.34. The number of hydrogen-bond donors (Lipinski definition) is 0. The van der Waals surface area contributed by atoms with E-state index >= 15 is 0 Å². The summed E-state index contributed by atoms with van der Waals surface area (Å²) in [4.78, 5) is 25.6. The summed E-state index contributed by atoms with van der Waals surface area (Å²) in [5.74, 6) is -0.0284. The summed E-state index contributed by atoms with van der Waals surface area (Å²) in [6, 6.07) is 11.8. The van der Waals surface area contributed by atoms with Crippen LogP contribution in [-0.2, 0) is 0 Å². The molecule has 0 atom stereocenters. The highest BCUT2D eigenvalue weighted by Crippen LogP contribution is 2.28. The van der Waals surface area contributed by atoms with Gasteiger partial charge in [0.05, 0.1) is 22.8 Å². The van der Waals surface area contributed by atoms with Gasteiger partial charge in [-0.15, -0.1) is 0 Å². The summed E-state index contributed by atoms with van der Waals surface area (Å²) in [6.45, 7) is 0.623. The Labute approximate surface area is 143 Å². The predicted molar refractivity (Wildman–Crippen MR) is 88.4 cm³/mol. The largest absolute Gasteiger partial charge is 0.492 e. The molecule has 0 saturated carbocycles. The summed E-state index contributed by atoms with van der Waals surface area (Å²) in [6.07, 6.45) is 0.508. The number of imide groups is 1. The molecule has 0 aromatic heterocycles. The maximum absolute atomic E-state index is 12.2. The van der Waals surface area contributed by atoms with E-state index in [1.807, 2.05) is 0 Å². The molecule has 0 fully saturated rings. The van der Waals surface area contributed by atoms with Crippen molar-refractivity contribution in [3.63, 3.8) is 0 Å². The van der Waals surface area contributed by atoms with Crippen LogP contribution < -0.4 is 4.74 Å². The van der Waals surface area contributed by atoms with Crippen molar-refractivity contribution in [3.8, 4) is 5.75 Å². The van der Waals surface area contributed by atoms with Crippen LogP contribution in [0.2, 0.25) is 10.0 Å². The fourth-order valence-electron chi connectivity index (χ4n) is 2.43. The van der Waals surface area contributed by atoms with Gasteiger partial charge < -0.3 is 4.74 Å². The van der Waals surface area contributed by atoms with Gasteiger partial charge in [0.1, 0.15) is 5.75 Å². The van der Waals surface area contributed by atoms with E-state index in [0.717, 1.165) is 0 Å².